The summed E-state index contributed by atoms with van der Waals surface area (Å²) in [5.41, 5.74) is 5.16. The van der Waals surface area contributed by atoms with E-state index >= 15 is 0 Å². The van der Waals surface area contributed by atoms with Crippen molar-refractivity contribution in [2.24, 2.45) is 0 Å². The number of benzene rings is 3. The summed E-state index contributed by atoms with van der Waals surface area (Å²) in [4.78, 5) is 0. The Hall–Kier alpha value is -2.80. The van der Waals surface area contributed by atoms with Gasteiger partial charge in [0.05, 0.1) is 0 Å². The predicted molar refractivity (Wildman–Crippen MR) is 110 cm³/mol. The van der Waals surface area contributed by atoms with Crippen molar-refractivity contribution in [2.45, 2.75) is 26.3 Å². The molecule has 124 valence electrons. The second kappa shape index (κ2) is 6.98. The third-order valence-corrected chi connectivity index (χ3v) is 4.80. The molecule has 25 heavy (non-hydrogen) atoms. The number of unbranched alkanes of at least 4 members (excludes halogenated alkanes) is 1. The van der Waals surface area contributed by atoms with Crippen LogP contribution in [0.1, 0.15) is 30.9 Å². The molecule has 4 rings (SSSR count). The summed E-state index contributed by atoms with van der Waals surface area (Å²) < 4.78 is 2.47. The molecule has 0 spiro atoms. The standard InChI is InChI=1S/C24H23N/c1-2-3-17-25-23-12-8-7-11-21(23)22-18-20(15-16-24(22)25)14-13-19-9-5-4-6-10-19/h4-16,18H,2-3,17H2,1H3/b14-13+. The fourth-order valence-corrected chi connectivity index (χ4v) is 3.49. The van der Waals surface area contributed by atoms with Crippen LogP contribution in [0.4, 0.5) is 0 Å². The van der Waals surface area contributed by atoms with Gasteiger partial charge < -0.3 is 4.57 Å². The average molecular weight is 325 g/mol. The van der Waals surface area contributed by atoms with E-state index in [2.05, 4.69) is 96.4 Å². The second-order valence-electron chi connectivity index (χ2n) is 6.54. The molecule has 3 aromatic carbocycles. The highest BCUT2D eigenvalue weighted by atomic mass is 15.0. The largest absolute Gasteiger partial charge is 0.340 e. The quantitative estimate of drug-likeness (QED) is 0.357. The smallest absolute Gasteiger partial charge is 0.0491 e. The molecule has 0 aliphatic rings. The fourth-order valence-electron chi connectivity index (χ4n) is 3.49. The second-order valence-corrected chi connectivity index (χ2v) is 6.54. The van der Waals surface area contributed by atoms with Crippen molar-refractivity contribution in [1.29, 1.82) is 0 Å². The molecule has 0 unspecified atom stereocenters. The van der Waals surface area contributed by atoms with E-state index in [-0.39, 0.29) is 0 Å². The van der Waals surface area contributed by atoms with Crippen molar-refractivity contribution in [3.63, 3.8) is 0 Å². The number of rotatable bonds is 5. The van der Waals surface area contributed by atoms with Crippen LogP contribution >= 0.6 is 0 Å². The van der Waals surface area contributed by atoms with E-state index in [9.17, 15) is 0 Å². The number of nitrogens with zero attached hydrogens (tertiary/aromatic N) is 1. The first kappa shape index (κ1) is 15.7. The Labute approximate surface area is 149 Å². The molecule has 1 nitrogen and oxygen atoms in total. The highest BCUT2D eigenvalue weighted by molar-refractivity contribution is 6.08. The summed E-state index contributed by atoms with van der Waals surface area (Å²) in [5.74, 6) is 0. The van der Waals surface area contributed by atoms with Crippen molar-refractivity contribution < 1.29 is 0 Å². The molecule has 0 N–H and O–H groups in total. The number of fused-ring (bicyclic) bond motifs is 3. The normalized spacial score (nSPS) is 11.7. The summed E-state index contributed by atoms with van der Waals surface area (Å²) in [6, 6.07) is 26.0. The Morgan fingerprint density at radius 2 is 1.44 bits per heavy atom. The molecule has 0 saturated carbocycles. The SMILES string of the molecule is CCCCn1c2ccccc2c2cc(/C=C/c3ccccc3)ccc21. The molecule has 0 atom stereocenters. The first-order valence-corrected chi connectivity index (χ1v) is 9.11. The van der Waals surface area contributed by atoms with Gasteiger partial charge in [-0.15, -0.1) is 0 Å². The Morgan fingerprint density at radius 1 is 0.720 bits per heavy atom. The first-order valence-electron chi connectivity index (χ1n) is 9.11. The van der Waals surface area contributed by atoms with Gasteiger partial charge in [0, 0.05) is 28.4 Å². The minimum atomic E-state index is 1.08. The molecule has 0 aliphatic heterocycles. The number of para-hydroxylation sites is 1. The van der Waals surface area contributed by atoms with Crippen LogP contribution in [-0.4, -0.2) is 4.57 Å². The molecular formula is C24H23N. The van der Waals surface area contributed by atoms with Crippen molar-refractivity contribution in [2.75, 3.05) is 0 Å². The van der Waals surface area contributed by atoms with E-state index in [0.29, 0.717) is 0 Å². The van der Waals surface area contributed by atoms with Crippen LogP contribution < -0.4 is 0 Å². The molecule has 0 fully saturated rings. The van der Waals surface area contributed by atoms with Crippen LogP contribution in [0.2, 0.25) is 0 Å². The summed E-state index contributed by atoms with van der Waals surface area (Å²) >= 11 is 0. The van der Waals surface area contributed by atoms with E-state index in [0.717, 1.165) is 6.54 Å². The van der Waals surface area contributed by atoms with Crippen LogP contribution in [0, 0.1) is 0 Å². The van der Waals surface area contributed by atoms with Gasteiger partial charge in [-0.05, 0) is 35.7 Å². The molecule has 0 bridgehead atoms. The molecule has 4 aromatic rings. The Bertz CT molecular complexity index is 1020. The number of hydrogen-bond donors (Lipinski definition) is 0. The van der Waals surface area contributed by atoms with Crippen LogP contribution in [0.15, 0.2) is 72.8 Å². The third kappa shape index (κ3) is 3.10. The molecule has 0 amide bonds. The van der Waals surface area contributed by atoms with Crippen molar-refractivity contribution in [3.8, 4) is 0 Å². The van der Waals surface area contributed by atoms with Gasteiger partial charge >= 0.3 is 0 Å². The molecule has 1 heteroatoms. The lowest BCUT2D eigenvalue weighted by molar-refractivity contribution is 0.665. The van der Waals surface area contributed by atoms with Gasteiger partial charge in [0.1, 0.15) is 0 Å². The number of aromatic nitrogens is 1. The molecule has 0 radical (unpaired) electrons. The Kier molecular flexibility index (Phi) is 4.39. The highest BCUT2D eigenvalue weighted by Crippen LogP contribution is 2.30. The molecular weight excluding hydrogens is 302 g/mol. The topological polar surface area (TPSA) is 4.93 Å². The van der Waals surface area contributed by atoms with Gasteiger partial charge in [-0.2, -0.15) is 0 Å². The lowest BCUT2D eigenvalue weighted by atomic mass is 10.1. The Morgan fingerprint density at radius 3 is 2.28 bits per heavy atom. The fraction of sp³-hybridized carbons (Fsp3) is 0.167. The van der Waals surface area contributed by atoms with E-state index in [1.165, 1.54) is 45.8 Å². The summed E-state index contributed by atoms with van der Waals surface area (Å²) in [5, 5.41) is 2.70. The zero-order chi connectivity index (χ0) is 17.1. The van der Waals surface area contributed by atoms with E-state index < -0.39 is 0 Å². The lowest BCUT2D eigenvalue weighted by Gasteiger charge is -2.06. The van der Waals surface area contributed by atoms with Gasteiger partial charge in [0.2, 0.25) is 0 Å². The van der Waals surface area contributed by atoms with Gasteiger partial charge in [0.15, 0.2) is 0 Å². The maximum Gasteiger partial charge on any atom is 0.0491 e. The minimum absolute atomic E-state index is 1.08. The zero-order valence-electron chi connectivity index (χ0n) is 14.7. The van der Waals surface area contributed by atoms with E-state index in [1.54, 1.807) is 0 Å². The predicted octanol–water partition coefficient (Wildman–Crippen LogP) is 6.77. The molecule has 1 aromatic heterocycles. The molecule has 0 saturated heterocycles. The monoisotopic (exact) mass is 325 g/mol. The minimum Gasteiger partial charge on any atom is -0.340 e. The van der Waals surface area contributed by atoms with Crippen LogP contribution in [-0.2, 0) is 6.54 Å². The molecule has 0 aliphatic carbocycles. The van der Waals surface area contributed by atoms with Gasteiger partial charge in [0.25, 0.3) is 0 Å². The number of hydrogen-bond acceptors (Lipinski definition) is 0. The Balaban J connectivity index is 1.80. The number of aryl methyl sites for hydroxylation is 1. The highest BCUT2D eigenvalue weighted by Gasteiger charge is 2.09. The van der Waals surface area contributed by atoms with Crippen molar-refractivity contribution in [3.05, 3.63) is 83.9 Å². The third-order valence-electron chi connectivity index (χ3n) is 4.80. The van der Waals surface area contributed by atoms with Crippen molar-refractivity contribution in [1.82, 2.24) is 4.57 Å². The molecule has 1 heterocycles. The van der Waals surface area contributed by atoms with Crippen LogP contribution in [0.5, 0.6) is 0 Å². The maximum absolute atomic E-state index is 2.47. The maximum atomic E-state index is 2.47. The summed E-state index contributed by atoms with van der Waals surface area (Å²) in [6.45, 7) is 3.33. The zero-order valence-corrected chi connectivity index (χ0v) is 14.7. The van der Waals surface area contributed by atoms with Crippen molar-refractivity contribution >= 4 is 34.0 Å². The van der Waals surface area contributed by atoms with Crippen LogP contribution in [0.3, 0.4) is 0 Å². The van der Waals surface area contributed by atoms with Crippen LogP contribution in [0.25, 0.3) is 34.0 Å². The summed E-state index contributed by atoms with van der Waals surface area (Å²) in [7, 11) is 0. The lowest BCUT2D eigenvalue weighted by Crippen LogP contribution is -1.96. The summed E-state index contributed by atoms with van der Waals surface area (Å²) in [6.07, 6.45) is 6.81. The van der Waals surface area contributed by atoms with Gasteiger partial charge in [-0.1, -0.05) is 80.1 Å². The van der Waals surface area contributed by atoms with E-state index in [1.807, 2.05) is 0 Å². The van der Waals surface area contributed by atoms with Gasteiger partial charge in [-0.25, -0.2) is 0 Å². The van der Waals surface area contributed by atoms with E-state index in [4.69, 9.17) is 0 Å². The average Bonchev–Trinajstić information content (AvgIpc) is 2.99. The first-order chi connectivity index (χ1) is 12.4. The van der Waals surface area contributed by atoms with Gasteiger partial charge in [-0.3, -0.25) is 0 Å².